The van der Waals surface area contributed by atoms with Gasteiger partial charge in [0.2, 0.25) is 0 Å². The van der Waals surface area contributed by atoms with Gasteiger partial charge in [0.15, 0.2) is 6.23 Å². The molecular formula is C16H15NO2. The van der Waals surface area contributed by atoms with E-state index in [-0.39, 0.29) is 11.9 Å². The van der Waals surface area contributed by atoms with Gasteiger partial charge in [-0.3, -0.25) is 4.79 Å². The van der Waals surface area contributed by atoms with Gasteiger partial charge in [-0.2, -0.15) is 0 Å². The van der Waals surface area contributed by atoms with Gasteiger partial charge >= 0.3 is 0 Å². The first-order chi connectivity index (χ1) is 9.20. The van der Waals surface area contributed by atoms with E-state index in [1.54, 1.807) is 12.1 Å². The second-order valence-electron chi connectivity index (χ2n) is 4.76. The largest absolute Gasteiger partial charge is 0.369 e. The highest BCUT2D eigenvalue weighted by atomic mass is 16.3. The number of benzene rings is 2. The molecule has 2 atom stereocenters. The quantitative estimate of drug-likeness (QED) is 0.894. The number of hydrogen-bond donors (Lipinski definition) is 1. The van der Waals surface area contributed by atoms with Crippen LogP contribution >= 0.6 is 0 Å². The molecule has 0 spiro atoms. The van der Waals surface area contributed by atoms with Crippen molar-refractivity contribution in [3.8, 4) is 0 Å². The van der Waals surface area contributed by atoms with Gasteiger partial charge in [0, 0.05) is 11.1 Å². The molecule has 0 saturated carbocycles. The number of hydrogen-bond acceptors (Lipinski definition) is 2. The van der Waals surface area contributed by atoms with Crippen molar-refractivity contribution in [2.45, 2.75) is 19.2 Å². The highest BCUT2D eigenvalue weighted by Crippen LogP contribution is 2.37. The molecule has 0 aromatic heterocycles. The highest BCUT2D eigenvalue weighted by molar-refractivity contribution is 5.99. The molecule has 3 rings (SSSR count). The SMILES string of the molecule is C[C@@H](c1ccccc1)N1C(=O)c2ccccc2[C@@H]1O. The van der Waals surface area contributed by atoms with Crippen LogP contribution in [0.3, 0.4) is 0 Å². The predicted molar refractivity (Wildman–Crippen MR) is 72.4 cm³/mol. The number of carbonyl (C=O) groups is 1. The van der Waals surface area contributed by atoms with E-state index in [0.717, 1.165) is 5.56 Å². The molecule has 1 amide bonds. The van der Waals surface area contributed by atoms with E-state index in [4.69, 9.17) is 0 Å². The minimum atomic E-state index is -0.862. The van der Waals surface area contributed by atoms with Gasteiger partial charge < -0.3 is 10.0 Å². The van der Waals surface area contributed by atoms with E-state index in [9.17, 15) is 9.90 Å². The minimum Gasteiger partial charge on any atom is -0.369 e. The Kier molecular flexibility index (Phi) is 2.84. The summed E-state index contributed by atoms with van der Waals surface area (Å²) in [6.45, 7) is 1.93. The third kappa shape index (κ3) is 1.83. The van der Waals surface area contributed by atoms with Crippen LogP contribution in [0.5, 0.6) is 0 Å². The summed E-state index contributed by atoms with van der Waals surface area (Å²) in [5.74, 6) is -0.112. The van der Waals surface area contributed by atoms with E-state index >= 15 is 0 Å². The lowest BCUT2D eigenvalue weighted by atomic mass is 10.1. The van der Waals surface area contributed by atoms with Crippen LogP contribution < -0.4 is 0 Å². The van der Waals surface area contributed by atoms with Crippen LogP contribution in [0.25, 0.3) is 0 Å². The van der Waals surface area contributed by atoms with Gasteiger partial charge in [-0.15, -0.1) is 0 Å². The average molecular weight is 253 g/mol. The molecule has 3 heteroatoms. The van der Waals surface area contributed by atoms with Gasteiger partial charge in [0.25, 0.3) is 5.91 Å². The van der Waals surface area contributed by atoms with Crippen LogP contribution in [0.2, 0.25) is 0 Å². The molecule has 0 radical (unpaired) electrons. The summed E-state index contributed by atoms with van der Waals surface area (Å²) in [6, 6.07) is 16.8. The second-order valence-corrected chi connectivity index (χ2v) is 4.76. The Morgan fingerprint density at radius 1 is 1.05 bits per heavy atom. The van der Waals surface area contributed by atoms with Crippen LogP contribution in [0.15, 0.2) is 54.6 Å². The molecule has 1 aliphatic rings. The molecule has 1 aliphatic heterocycles. The first kappa shape index (κ1) is 11.9. The fourth-order valence-corrected chi connectivity index (χ4v) is 2.60. The molecule has 19 heavy (non-hydrogen) atoms. The molecule has 3 nitrogen and oxygen atoms in total. The summed E-state index contributed by atoms with van der Waals surface area (Å²) in [5, 5.41) is 10.3. The standard InChI is InChI=1S/C16H15NO2/c1-11(12-7-3-2-4-8-12)17-15(18)13-9-5-6-10-14(13)16(17)19/h2-11,15,18H,1H3/t11-,15-/m0/s1. The highest BCUT2D eigenvalue weighted by Gasteiger charge is 2.38. The molecule has 1 N–H and O–H groups in total. The van der Waals surface area contributed by atoms with E-state index in [2.05, 4.69) is 0 Å². The number of fused-ring (bicyclic) bond motifs is 1. The summed E-state index contributed by atoms with van der Waals surface area (Å²) in [4.78, 5) is 13.9. The number of rotatable bonds is 2. The monoisotopic (exact) mass is 253 g/mol. The van der Waals surface area contributed by atoms with Crippen molar-refractivity contribution in [2.24, 2.45) is 0 Å². The van der Waals surface area contributed by atoms with E-state index < -0.39 is 6.23 Å². The Hall–Kier alpha value is -2.13. The molecule has 0 unspecified atom stereocenters. The zero-order valence-corrected chi connectivity index (χ0v) is 10.7. The van der Waals surface area contributed by atoms with Gasteiger partial charge in [-0.1, -0.05) is 48.5 Å². The number of amides is 1. The summed E-state index contributed by atoms with van der Waals surface area (Å²) in [7, 11) is 0. The average Bonchev–Trinajstić information content (AvgIpc) is 2.72. The molecule has 0 aliphatic carbocycles. The summed E-state index contributed by atoms with van der Waals surface area (Å²) in [6.07, 6.45) is -0.862. The lowest BCUT2D eigenvalue weighted by Gasteiger charge is -2.28. The van der Waals surface area contributed by atoms with Crippen LogP contribution in [-0.4, -0.2) is 15.9 Å². The summed E-state index contributed by atoms with van der Waals surface area (Å²) >= 11 is 0. The zero-order chi connectivity index (χ0) is 13.4. The van der Waals surface area contributed by atoms with Crippen molar-refractivity contribution >= 4 is 5.91 Å². The van der Waals surface area contributed by atoms with Crippen molar-refractivity contribution in [2.75, 3.05) is 0 Å². The summed E-state index contributed by atoms with van der Waals surface area (Å²) < 4.78 is 0. The molecule has 96 valence electrons. The molecule has 2 aromatic rings. The molecule has 0 fully saturated rings. The van der Waals surface area contributed by atoms with Crippen molar-refractivity contribution in [1.29, 1.82) is 0 Å². The third-order valence-electron chi connectivity index (χ3n) is 3.67. The second kappa shape index (κ2) is 4.52. The minimum absolute atomic E-state index is 0.112. The van der Waals surface area contributed by atoms with Gasteiger partial charge in [-0.25, -0.2) is 0 Å². The van der Waals surface area contributed by atoms with Crippen LogP contribution in [0.1, 0.15) is 40.7 Å². The number of nitrogens with zero attached hydrogens (tertiary/aromatic N) is 1. The smallest absolute Gasteiger partial charge is 0.257 e. The molecular weight excluding hydrogens is 238 g/mol. The molecule has 1 heterocycles. The first-order valence-corrected chi connectivity index (χ1v) is 6.35. The van der Waals surface area contributed by atoms with Crippen LogP contribution in [0, 0.1) is 0 Å². The van der Waals surface area contributed by atoms with Gasteiger partial charge in [0.05, 0.1) is 6.04 Å². The van der Waals surface area contributed by atoms with Crippen LogP contribution in [0.4, 0.5) is 0 Å². The first-order valence-electron chi connectivity index (χ1n) is 6.35. The molecule has 0 bridgehead atoms. The van der Waals surface area contributed by atoms with E-state index in [1.807, 2.05) is 49.4 Å². The fourth-order valence-electron chi connectivity index (χ4n) is 2.60. The Morgan fingerprint density at radius 2 is 1.68 bits per heavy atom. The maximum Gasteiger partial charge on any atom is 0.257 e. The maximum absolute atomic E-state index is 12.4. The topological polar surface area (TPSA) is 40.5 Å². The fraction of sp³-hybridized carbons (Fsp3) is 0.188. The van der Waals surface area contributed by atoms with Crippen LogP contribution in [-0.2, 0) is 0 Å². The molecule has 2 aromatic carbocycles. The number of aliphatic hydroxyl groups excluding tert-OH is 1. The van der Waals surface area contributed by atoms with Crippen molar-refractivity contribution in [3.05, 3.63) is 71.3 Å². The Morgan fingerprint density at radius 3 is 2.37 bits per heavy atom. The van der Waals surface area contributed by atoms with Crippen molar-refractivity contribution < 1.29 is 9.90 Å². The Balaban J connectivity index is 1.98. The Bertz CT molecular complexity index is 609. The lowest BCUT2D eigenvalue weighted by molar-refractivity contribution is -0.000319. The van der Waals surface area contributed by atoms with Gasteiger partial charge in [-0.05, 0) is 18.6 Å². The van der Waals surface area contributed by atoms with Crippen molar-refractivity contribution in [1.82, 2.24) is 4.90 Å². The lowest BCUT2D eigenvalue weighted by Crippen LogP contribution is -2.30. The van der Waals surface area contributed by atoms with Gasteiger partial charge in [0.1, 0.15) is 0 Å². The van der Waals surface area contributed by atoms with Crippen molar-refractivity contribution in [3.63, 3.8) is 0 Å². The Labute approximate surface area is 112 Å². The summed E-state index contributed by atoms with van der Waals surface area (Å²) in [5.41, 5.74) is 2.30. The predicted octanol–water partition coefficient (Wildman–Crippen LogP) is 2.89. The maximum atomic E-state index is 12.4. The number of carbonyl (C=O) groups excluding carboxylic acids is 1. The third-order valence-corrected chi connectivity index (χ3v) is 3.67. The van der Waals surface area contributed by atoms with E-state index in [1.165, 1.54) is 4.90 Å². The molecule has 0 saturated heterocycles. The normalized spacial score (nSPS) is 19.4. The number of aliphatic hydroxyl groups is 1. The van der Waals surface area contributed by atoms with E-state index in [0.29, 0.717) is 11.1 Å². The zero-order valence-electron chi connectivity index (χ0n) is 10.7.